The summed E-state index contributed by atoms with van der Waals surface area (Å²) in [5.74, 6) is 0.862. The Kier molecular flexibility index (Phi) is 7.62. The zero-order chi connectivity index (χ0) is 19.9. The molecule has 0 aromatic heterocycles. The summed E-state index contributed by atoms with van der Waals surface area (Å²) in [4.78, 5) is 0. The summed E-state index contributed by atoms with van der Waals surface area (Å²) < 4.78 is 50.4. The highest BCUT2D eigenvalue weighted by molar-refractivity contribution is 7.90. The van der Waals surface area contributed by atoms with Crippen LogP contribution in [-0.4, -0.2) is 33.4 Å². The molecule has 0 saturated heterocycles. The van der Waals surface area contributed by atoms with Crippen molar-refractivity contribution >= 4 is 10.0 Å². The van der Waals surface area contributed by atoms with E-state index in [9.17, 15) is 12.8 Å². The van der Waals surface area contributed by atoms with E-state index >= 15 is 0 Å². The quantitative estimate of drug-likeness (QED) is 0.623. The molecule has 0 aliphatic carbocycles. The normalized spacial score (nSPS) is 12.8. The number of sulfonamides is 1. The fraction of sp³-hybridized carbons (Fsp3) is 0.400. The van der Waals surface area contributed by atoms with Crippen LogP contribution in [-0.2, 0) is 10.0 Å². The minimum atomic E-state index is -3.26. The van der Waals surface area contributed by atoms with Gasteiger partial charge in [-0.1, -0.05) is 25.1 Å². The van der Waals surface area contributed by atoms with E-state index < -0.39 is 15.3 Å². The molecule has 1 atom stereocenters. The molecule has 27 heavy (non-hydrogen) atoms. The summed E-state index contributed by atoms with van der Waals surface area (Å²) in [6.07, 6.45) is 0. The first-order valence-corrected chi connectivity index (χ1v) is 10.4. The highest BCUT2D eigenvalue weighted by atomic mass is 32.2. The maximum Gasteiger partial charge on any atom is 0.213 e. The van der Waals surface area contributed by atoms with Gasteiger partial charge < -0.3 is 9.47 Å². The Labute approximate surface area is 160 Å². The molecule has 2 aromatic rings. The van der Waals surface area contributed by atoms with Crippen molar-refractivity contribution in [2.24, 2.45) is 0 Å². The van der Waals surface area contributed by atoms with Crippen LogP contribution in [0.15, 0.2) is 48.5 Å². The summed E-state index contributed by atoms with van der Waals surface area (Å²) >= 11 is 0. The maximum absolute atomic E-state index is 13.1. The smallest absolute Gasteiger partial charge is 0.213 e. The molecule has 0 fully saturated rings. The van der Waals surface area contributed by atoms with Gasteiger partial charge in [0.15, 0.2) is 0 Å². The van der Waals surface area contributed by atoms with Crippen LogP contribution in [0.1, 0.15) is 32.3 Å². The number of halogens is 1. The highest BCUT2D eigenvalue weighted by Gasteiger charge is 2.17. The molecule has 1 unspecified atom stereocenters. The predicted octanol–water partition coefficient (Wildman–Crippen LogP) is 3.71. The third-order valence-corrected chi connectivity index (χ3v) is 5.89. The second-order valence-corrected chi connectivity index (χ2v) is 8.89. The Hall–Kier alpha value is -2.12. The van der Waals surface area contributed by atoms with Crippen molar-refractivity contribution < 1.29 is 22.3 Å². The zero-order valence-corrected chi connectivity index (χ0v) is 16.6. The molecule has 2 rings (SSSR count). The minimum Gasteiger partial charge on any atom is -0.490 e. The molecule has 0 heterocycles. The fourth-order valence-corrected chi connectivity index (χ4v) is 3.11. The third-order valence-electron chi connectivity index (χ3n) is 4.08. The minimum absolute atomic E-state index is 0.0453. The Bertz CT molecular complexity index is 822. The highest BCUT2D eigenvalue weighted by Crippen LogP contribution is 2.19. The SMILES string of the molecule is CC(CNS(=O)(=O)C(C)C)c1ccc(OCCOc2cccc(F)c2)cc1. The van der Waals surface area contributed by atoms with Gasteiger partial charge in [-0.2, -0.15) is 0 Å². The van der Waals surface area contributed by atoms with Crippen molar-refractivity contribution in [3.63, 3.8) is 0 Å². The van der Waals surface area contributed by atoms with Crippen LogP contribution in [0.25, 0.3) is 0 Å². The molecular formula is C20H26FNO4S. The van der Waals surface area contributed by atoms with E-state index in [1.165, 1.54) is 12.1 Å². The van der Waals surface area contributed by atoms with Crippen molar-refractivity contribution in [2.75, 3.05) is 19.8 Å². The molecule has 7 heteroatoms. The standard InChI is InChI=1S/C20H26FNO4S/c1-15(2)27(23,24)22-14-16(3)17-7-9-19(10-8-17)25-11-12-26-20-6-4-5-18(21)13-20/h4-10,13,15-16,22H,11-12,14H2,1-3H3. The van der Waals surface area contributed by atoms with Crippen LogP contribution in [0.2, 0.25) is 0 Å². The lowest BCUT2D eigenvalue weighted by molar-refractivity contribution is 0.216. The Morgan fingerprint density at radius 3 is 2.19 bits per heavy atom. The van der Waals surface area contributed by atoms with Gasteiger partial charge in [0, 0.05) is 12.6 Å². The molecule has 0 bridgehead atoms. The van der Waals surface area contributed by atoms with Crippen molar-refractivity contribution in [3.8, 4) is 11.5 Å². The molecule has 0 saturated carbocycles. The fourth-order valence-electron chi connectivity index (χ4n) is 2.29. The average molecular weight is 395 g/mol. The Morgan fingerprint density at radius 1 is 0.963 bits per heavy atom. The van der Waals surface area contributed by atoms with Gasteiger partial charge in [-0.05, 0) is 49.6 Å². The first-order chi connectivity index (χ1) is 12.8. The first-order valence-electron chi connectivity index (χ1n) is 8.87. The van der Waals surface area contributed by atoms with Crippen molar-refractivity contribution in [2.45, 2.75) is 31.9 Å². The Morgan fingerprint density at radius 2 is 1.59 bits per heavy atom. The number of rotatable bonds is 10. The molecule has 148 valence electrons. The lowest BCUT2D eigenvalue weighted by atomic mass is 10.0. The van der Waals surface area contributed by atoms with Crippen LogP contribution in [0.3, 0.4) is 0 Å². The van der Waals surface area contributed by atoms with E-state index in [4.69, 9.17) is 9.47 Å². The van der Waals surface area contributed by atoms with Crippen LogP contribution < -0.4 is 14.2 Å². The molecular weight excluding hydrogens is 369 g/mol. The van der Waals surface area contributed by atoms with E-state index in [1.54, 1.807) is 26.0 Å². The molecule has 2 aromatic carbocycles. The number of hydrogen-bond acceptors (Lipinski definition) is 4. The average Bonchev–Trinajstić information content (AvgIpc) is 2.64. The molecule has 0 aliphatic rings. The molecule has 0 amide bonds. The van der Waals surface area contributed by atoms with Crippen molar-refractivity contribution in [1.82, 2.24) is 4.72 Å². The van der Waals surface area contributed by atoms with Gasteiger partial charge in [0.2, 0.25) is 10.0 Å². The third kappa shape index (κ3) is 6.84. The van der Waals surface area contributed by atoms with Gasteiger partial charge in [0.05, 0.1) is 5.25 Å². The van der Waals surface area contributed by atoms with Crippen molar-refractivity contribution in [3.05, 3.63) is 59.9 Å². The number of hydrogen-bond donors (Lipinski definition) is 1. The topological polar surface area (TPSA) is 64.6 Å². The zero-order valence-electron chi connectivity index (χ0n) is 15.8. The van der Waals surface area contributed by atoms with Gasteiger partial charge in [-0.15, -0.1) is 0 Å². The second kappa shape index (κ2) is 9.71. The van der Waals surface area contributed by atoms with E-state index in [0.29, 0.717) is 31.3 Å². The van der Waals surface area contributed by atoms with E-state index in [1.807, 2.05) is 31.2 Å². The van der Waals surface area contributed by atoms with E-state index in [0.717, 1.165) is 5.56 Å². The summed E-state index contributed by atoms with van der Waals surface area (Å²) in [7, 11) is -3.26. The number of benzene rings is 2. The largest absolute Gasteiger partial charge is 0.490 e. The molecule has 5 nitrogen and oxygen atoms in total. The van der Waals surface area contributed by atoms with Gasteiger partial charge in [-0.3, -0.25) is 0 Å². The summed E-state index contributed by atoms with van der Waals surface area (Å²) in [6, 6.07) is 13.5. The van der Waals surface area contributed by atoms with Crippen LogP contribution >= 0.6 is 0 Å². The Balaban J connectivity index is 1.77. The van der Waals surface area contributed by atoms with Crippen LogP contribution in [0, 0.1) is 5.82 Å². The molecule has 0 aliphatic heterocycles. The molecule has 0 spiro atoms. The van der Waals surface area contributed by atoms with Crippen LogP contribution in [0.4, 0.5) is 4.39 Å². The summed E-state index contributed by atoms with van der Waals surface area (Å²) in [6.45, 7) is 6.25. The van der Waals surface area contributed by atoms with Gasteiger partial charge >= 0.3 is 0 Å². The monoisotopic (exact) mass is 395 g/mol. The molecule has 0 radical (unpaired) electrons. The van der Waals surface area contributed by atoms with Gasteiger partial charge in [0.25, 0.3) is 0 Å². The van der Waals surface area contributed by atoms with E-state index in [2.05, 4.69) is 4.72 Å². The summed E-state index contributed by atoms with van der Waals surface area (Å²) in [5, 5.41) is -0.449. The lowest BCUT2D eigenvalue weighted by Crippen LogP contribution is -2.33. The number of ether oxygens (including phenoxy) is 2. The van der Waals surface area contributed by atoms with Crippen molar-refractivity contribution in [1.29, 1.82) is 0 Å². The predicted molar refractivity (Wildman–Crippen MR) is 104 cm³/mol. The number of nitrogens with one attached hydrogen (secondary N) is 1. The van der Waals surface area contributed by atoms with Crippen LogP contribution in [0.5, 0.6) is 11.5 Å². The van der Waals surface area contributed by atoms with Gasteiger partial charge in [-0.25, -0.2) is 17.5 Å². The lowest BCUT2D eigenvalue weighted by Gasteiger charge is -2.15. The van der Waals surface area contributed by atoms with Gasteiger partial charge in [0.1, 0.15) is 30.5 Å². The van der Waals surface area contributed by atoms with E-state index in [-0.39, 0.29) is 11.7 Å². The first kappa shape index (κ1) is 21.2. The maximum atomic E-state index is 13.1. The summed E-state index contributed by atoms with van der Waals surface area (Å²) in [5.41, 5.74) is 1.02. The second-order valence-electron chi connectivity index (χ2n) is 6.57. The molecule has 1 N–H and O–H groups in total.